The molecular weight excluding hydrogens is 370 g/mol. The molecule has 1 N–H and O–H groups in total. The first kappa shape index (κ1) is 16.8. The maximum absolute atomic E-state index is 6.19. The van der Waals surface area contributed by atoms with Crippen LogP contribution in [0.15, 0.2) is 28.1 Å². The summed E-state index contributed by atoms with van der Waals surface area (Å²) in [6.45, 7) is 5.21. The van der Waals surface area contributed by atoms with E-state index in [0.717, 1.165) is 29.3 Å². The SMILES string of the molecule is CCCNC(c1cc(C)c(Br)s1)c1cc(Cl)ccc1OC. The zero-order chi connectivity index (χ0) is 15.4. The number of halogens is 2. The fourth-order valence-corrected chi connectivity index (χ4v) is 4.06. The molecule has 0 saturated heterocycles. The third kappa shape index (κ3) is 4.01. The second-order valence-electron chi connectivity index (χ2n) is 4.88. The molecule has 1 unspecified atom stereocenters. The van der Waals surface area contributed by atoms with E-state index in [0.29, 0.717) is 0 Å². The molecule has 0 amide bonds. The highest BCUT2D eigenvalue weighted by molar-refractivity contribution is 9.11. The average Bonchev–Trinajstić information content (AvgIpc) is 2.79. The Bertz CT molecular complexity index is 595. The van der Waals surface area contributed by atoms with E-state index in [2.05, 4.69) is 41.2 Å². The van der Waals surface area contributed by atoms with Crippen molar-refractivity contribution in [2.75, 3.05) is 13.7 Å². The van der Waals surface area contributed by atoms with Crippen LogP contribution in [0.1, 0.15) is 35.4 Å². The van der Waals surface area contributed by atoms with Gasteiger partial charge in [-0.3, -0.25) is 0 Å². The summed E-state index contributed by atoms with van der Waals surface area (Å²) in [5.41, 5.74) is 2.33. The summed E-state index contributed by atoms with van der Waals surface area (Å²) in [4.78, 5) is 1.26. The number of methoxy groups -OCH3 is 1. The summed E-state index contributed by atoms with van der Waals surface area (Å²) >= 11 is 11.5. The molecule has 1 heterocycles. The van der Waals surface area contributed by atoms with Gasteiger partial charge in [0.15, 0.2) is 0 Å². The van der Waals surface area contributed by atoms with Crippen LogP contribution in [0.3, 0.4) is 0 Å². The average molecular weight is 389 g/mol. The van der Waals surface area contributed by atoms with Gasteiger partial charge in [-0.25, -0.2) is 0 Å². The number of ether oxygens (including phenoxy) is 1. The van der Waals surface area contributed by atoms with Crippen molar-refractivity contribution in [3.8, 4) is 5.75 Å². The van der Waals surface area contributed by atoms with E-state index in [1.165, 1.54) is 14.2 Å². The van der Waals surface area contributed by atoms with Crippen molar-refractivity contribution in [2.45, 2.75) is 26.3 Å². The van der Waals surface area contributed by atoms with Gasteiger partial charge < -0.3 is 10.1 Å². The van der Waals surface area contributed by atoms with Gasteiger partial charge >= 0.3 is 0 Å². The second kappa shape index (κ2) is 7.63. The van der Waals surface area contributed by atoms with Gasteiger partial charge in [0, 0.05) is 15.5 Å². The van der Waals surface area contributed by atoms with E-state index in [1.807, 2.05) is 18.2 Å². The van der Waals surface area contributed by atoms with Gasteiger partial charge in [0.05, 0.1) is 16.9 Å². The lowest BCUT2D eigenvalue weighted by atomic mass is 10.0. The van der Waals surface area contributed by atoms with Crippen molar-refractivity contribution in [1.29, 1.82) is 0 Å². The monoisotopic (exact) mass is 387 g/mol. The molecule has 0 radical (unpaired) electrons. The van der Waals surface area contributed by atoms with Gasteiger partial charge in [-0.1, -0.05) is 18.5 Å². The molecular formula is C16H19BrClNOS. The van der Waals surface area contributed by atoms with E-state index in [4.69, 9.17) is 16.3 Å². The smallest absolute Gasteiger partial charge is 0.124 e. The molecule has 0 saturated carbocycles. The highest BCUT2D eigenvalue weighted by atomic mass is 79.9. The van der Waals surface area contributed by atoms with Gasteiger partial charge in [-0.15, -0.1) is 11.3 Å². The van der Waals surface area contributed by atoms with Crippen LogP contribution in [0.2, 0.25) is 5.02 Å². The number of aryl methyl sites for hydroxylation is 1. The molecule has 0 spiro atoms. The highest BCUT2D eigenvalue weighted by Crippen LogP contribution is 2.38. The number of rotatable bonds is 6. The second-order valence-corrected chi connectivity index (χ2v) is 7.72. The first-order valence-corrected chi connectivity index (χ1v) is 8.88. The molecule has 2 rings (SSSR count). The van der Waals surface area contributed by atoms with Crippen molar-refractivity contribution in [3.05, 3.63) is 49.1 Å². The van der Waals surface area contributed by atoms with Crippen molar-refractivity contribution < 1.29 is 4.74 Å². The first-order chi connectivity index (χ1) is 10.1. The number of nitrogens with one attached hydrogen (secondary N) is 1. The lowest BCUT2D eigenvalue weighted by Crippen LogP contribution is -2.23. The van der Waals surface area contributed by atoms with Crippen LogP contribution in [0, 0.1) is 6.92 Å². The Hall–Kier alpha value is -0.550. The molecule has 2 nitrogen and oxygen atoms in total. The normalized spacial score (nSPS) is 12.4. The topological polar surface area (TPSA) is 21.3 Å². The lowest BCUT2D eigenvalue weighted by Gasteiger charge is -2.20. The number of hydrogen-bond acceptors (Lipinski definition) is 3. The molecule has 114 valence electrons. The third-order valence-electron chi connectivity index (χ3n) is 3.26. The zero-order valence-corrected chi connectivity index (χ0v) is 15.5. The van der Waals surface area contributed by atoms with Gasteiger partial charge in [-0.05, 0) is 65.6 Å². The molecule has 0 bridgehead atoms. The summed E-state index contributed by atoms with van der Waals surface area (Å²) in [7, 11) is 1.69. The molecule has 0 aliphatic heterocycles. The van der Waals surface area contributed by atoms with Gasteiger partial charge in [0.2, 0.25) is 0 Å². The zero-order valence-electron chi connectivity index (χ0n) is 12.4. The van der Waals surface area contributed by atoms with Crippen molar-refractivity contribution >= 4 is 38.9 Å². The van der Waals surface area contributed by atoms with Crippen LogP contribution in [0.25, 0.3) is 0 Å². The Labute approximate surface area is 143 Å². The van der Waals surface area contributed by atoms with E-state index in [9.17, 15) is 0 Å². The van der Waals surface area contributed by atoms with Crippen LogP contribution in [-0.2, 0) is 0 Å². The van der Waals surface area contributed by atoms with E-state index in [-0.39, 0.29) is 6.04 Å². The molecule has 1 aromatic heterocycles. The van der Waals surface area contributed by atoms with Crippen LogP contribution in [0.5, 0.6) is 5.75 Å². The molecule has 5 heteroatoms. The predicted molar refractivity (Wildman–Crippen MR) is 94.9 cm³/mol. The minimum atomic E-state index is 0.0913. The van der Waals surface area contributed by atoms with Crippen LogP contribution < -0.4 is 10.1 Å². The number of benzene rings is 1. The van der Waals surface area contributed by atoms with Crippen molar-refractivity contribution in [1.82, 2.24) is 5.32 Å². The Balaban J connectivity index is 2.47. The molecule has 1 atom stereocenters. The quantitative estimate of drug-likeness (QED) is 0.698. The Morgan fingerprint density at radius 3 is 2.71 bits per heavy atom. The molecule has 0 aliphatic carbocycles. The Kier molecular flexibility index (Phi) is 6.11. The standard InChI is InChI=1S/C16H19BrClNOS/c1-4-7-19-15(14-8-10(2)16(17)21-14)12-9-11(18)5-6-13(12)20-3/h5-6,8-9,15,19H,4,7H2,1-3H3. The summed E-state index contributed by atoms with van der Waals surface area (Å²) in [5.74, 6) is 0.857. The maximum Gasteiger partial charge on any atom is 0.124 e. The summed E-state index contributed by atoms with van der Waals surface area (Å²) in [6.07, 6.45) is 1.07. The molecule has 21 heavy (non-hydrogen) atoms. The minimum Gasteiger partial charge on any atom is -0.496 e. The Morgan fingerprint density at radius 2 is 2.14 bits per heavy atom. The van der Waals surface area contributed by atoms with Crippen LogP contribution in [0.4, 0.5) is 0 Å². The van der Waals surface area contributed by atoms with Crippen molar-refractivity contribution in [3.63, 3.8) is 0 Å². The molecule has 2 aromatic rings. The van der Waals surface area contributed by atoms with E-state index >= 15 is 0 Å². The molecule has 0 fully saturated rings. The van der Waals surface area contributed by atoms with Gasteiger partial charge in [0.25, 0.3) is 0 Å². The minimum absolute atomic E-state index is 0.0913. The molecule has 0 aliphatic rings. The van der Waals surface area contributed by atoms with Crippen molar-refractivity contribution in [2.24, 2.45) is 0 Å². The third-order valence-corrected chi connectivity index (χ3v) is 5.70. The van der Waals surface area contributed by atoms with Gasteiger partial charge in [-0.2, -0.15) is 0 Å². The largest absolute Gasteiger partial charge is 0.496 e. The molecule has 1 aromatic carbocycles. The summed E-state index contributed by atoms with van der Waals surface area (Å²) < 4.78 is 6.68. The fourth-order valence-electron chi connectivity index (χ4n) is 2.21. The van der Waals surface area contributed by atoms with Crippen LogP contribution >= 0.6 is 38.9 Å². The maximum atomic E-state index is 6.19. The van der Waals surface area contributed by atoms with E-state index in [1.54, 1.807) is 18.4 Å². The lowest BCUT2D eigenvalue weighted by molar-refractivity contribution is 0.404. The Morgan fingerprint density at radius 1 is 1.38 bits per heavy atom. The van der Waals surface area contributed by atoms with Gasteiger partial charge in [0.1, 0.15) is 5.75 Å². The predicted octanol–water partition coefficient (Wildman–Crippen LogP) is 5.57. The summed E-state index contributed by atoms with van der Waals surface area (Å²) in [6, 6.07) is 8.07. The fraction of sp³-hybridized carbons (Fsp3) is 0.375. The number of hydrogen-bond donors (Lipinski definition) is 1. The van der Waals surface area contributed by atoms with Crippen LogP contribution in [-0.4, -0.2) is 13.7 Å². The highest BCUT2D eigenvalue weighted by Gasteiger charge is 2.20. The first-order valence-electron chi connectivity index (χ1n) is 6.89. The number of thiophene rings is 1. The van der Waals surface area contributed by atoms with E-state index < -0.39 is 0 Å². The summed E-state index contributed by atoms with van der Waals surface area (Å²) in [5, 5.41) is 4.32.